The van der Waals surface area contributed by atoms with E-state index in [1.54, 1.807) is 0 Å². The van der Waals surface area contributed by atoms with E-state index in [9.17, 15) is 0 Å². The van der Waals surface area contributed by atoms with Crippen molar-refractivity contribution in [2.24, 2.45) is 0 Å². The molecule has 0 nitrogen and oxygen atoms in total. The molecule has 0 N–H and O–H groups in total. The van der Waals surface area contributed by atoms with Crippen LogP contribution in [0.3, 0.4) is 0 Å². The predicted molar refractivity (Wildman–Crippen MR) is 153 cm³/mol. The van der Waals surface area contributed by atoms with Gasteiger partial charge in [-0.25, -0.2) is 0 Å². The average Bonchev–Trinajstić information content (AvgIpc) is 1.97. The van der Waals surface area contributed by atoms with Crippen LogP contribution in [0.2, 0.25) is 0 Å². The van der Waals surface area contributed by atoms with Gasteiger partial charge in [0.25, 0.3) is 0 Å². The fourth-order valence-electron chi connectivity index (χ4n) is 6.04. The predicted octanol–water partition coefficient (Wildman–Crippen LogP) is 10.9. The maximum Gasteiger partial charge on any atom is 0 e. The van der Waals surface area contributed by atoms with E-state index < -0.39 is 0 Å². The molecule has 0 heterocycles. The molecular formula is C24H56Br2P2Pd2. The van der Waals surface area contributed by atoms with Crippen molar-refractivity contribution in [3.8, 4) is 0 Å². The summed E-state index contributed by atoms with van der Waals surface area (Å²) in [5.74, 6) is 0. The van der Waals surface area contributed by atoms with E-state index in [2.05, 4.69) is 125 Å². The topological polar surface area (TPSA) is 0 Å². The second-order valence-corrected chi connectivity index (χ2v) is 23.1. The Balaban J connectivity index is -0.0000000847. The van der Waals surface area contributed by atoms with Crippen LogP contribution in [0.15, 0.2) is 0 Å². The van der Waals surface area contributed by atoms with E-state index in [4.69, 9.17) is 0 Å². The van der Waals surface area contributed by atoms with Crippen LogP contribution in [-0.2, 0) is 40.8 Å². The van der Waals surface area contributed by atoms with Crippen molar-refractivity contribution in [1.82, 2.24) is 0 Å². The minimum absolute atomic E-state index is 0. The summed E-state index contributed by atoms with van der Waals surface area (Å²) >= 11 is 0. The van der Waals surface area contributed by atoms with Gasteiger partial charge in [0.05, 0.1) is 0 Å². The van der Waals surface area contributed by atoms with E-state index in [1.165, 1.54) is 0 Å². The van der Waals surface area contributed by atoms with Gasteiger partial charge < -0.3 is 0 Å². The molecule has 0 aromatic heterocycles. The molecule has 0 aromatic rings. The van der Waals surface area contributed by atoms with Crippen molar-refractivity contribution in [2.75, 3.05) is 0 Å². The molecule has 0 aliphatic rings. The molecule has 0 atom stereocenters. The monoisotopic (exact) mass is 776 g/mol. The van der Waals surface area contributed by atoms with Crippen LogP contribution in [0.4, 0.5) is 0 Å². The van der Waals surface area contributed by atoms with Gasteiger partial charge >= 0.3 is 0 Å². The van der Waals surface area contributed by atoms with Crippen molar-refractivity contribution >= 4 is 49.8 Å². The van der Waals surface area contributed by atoms with Crippen molar-refractivity contribution in [3.63, 3.8) is 0 Å². The second-order valence-electron chi connectivity index (χ2n) is 13.7. The first kappa shape index (κ1) is 46.5. The Morgan fingerprint density at radius 2 is 0.333 bits per heavy atom. The third kappa shape index (κ3) is 18.5. The Bertz CT molecular complexity index is 318. The normalized spacial score (nSPS) is 13.2. The van der Waals surface area contributed by atoms with Crippen LogP contribution >= 0.6 is 49.8 Å². The number of hydrogen-bond donors (Lipinski definition) is 0. The molecule has 0 rings (SSSR count). The second kappa shape index (κ2) is 15.3. The minimum atomic E-state index is 0. The smallest absolute Gasteiger partial charge is 0 e. The van der Waals surface area contributed by atoms with Gasteiger partial charge in [-0.05, 0) is 30.9 Å². The van der Waals surface area contributed by atoms with Crippen molar-refractivity contribution in [3.05, 3.63) is 0 Å². The summed E-state index contributed by atoms with van der Waals surface area (Å²) in [7, 11) is 0.0324. The zero-order valence-corrected chi connectivity index (χ0v) is 31.7. The molecular weight excluding hydrogens is 723 g/mol. The maximum absolute atomic E-state index is 2.38. The molecule has 0 unspecified atom stereocenters. The van der Waals surface area contributed by atoms with Gasteiger partial charge in [0.15, 0.2) is 0 Å². The van der Waals surface area contributed by atoms with E-state index in [-0.39, 0.29) is 90.7 Å². The first-order chi connectivity index (χ1) is 10.7. The summed E-state index contributed by atoms with van der Waals surface area (Å²) in [4.78, 5) is 0. The standard InChI is InChI=1S/2C12H27P.2BrH.2Pd/c2*1-10(2,3)13(11(4,5)6)12(7,8)9;;;;/h2*1-9H3;2*1H;;. The van der Waals surface area contributed by atoms with Gasteiger partial charge in [-0.1, -0.05) is 140 Å². The fraction of sp³-hybridized carbons (Fsp3) is 1.00. The van der Waals surface area contributed by atoms with E-state index in [0.29, 0.717) is 30.9 Å². The van der Waals surface area contributed by atoms with E-state index in [1.807, 2.05) is 0 Å². The summed E-state index contributed by atoms with van der Waals surface area (Å²) < 4.78 is 0. The van der Waals surface area contributed by atoms with E-state index >= 15 is 0 Å². The zero-order chi connectivity index (χ0) is 22.2. The zero-order valence-electron chi connectivity index (χ0n) is 23.3. The molecule has 0 spiro atoms. The molecule has 0 aromatic carbocycles. The molecule has 0 fully saturated rings. The number of hydrogen-bond acceptors (Lipinski definition) is 0. The molecule has 0 amide bonds. The van der Waals surface area contributed by atoms with Crippen LogP contribution in [0, 0.1) is 0 Å². The number of halogens is 2. The van der Waals surface area contributed by atoms with Crippen LogP contribution in [0.1, 0.15) is 125 Å². The van der Waals surface area contributed by atoms with Gasteiger partial charge in [0.2, 0.25) is 0 Å². The quantitative estimate of drug-likeness (QED) is 0.170. The molecule has 0 radical (unpaired) electrons. The molecule has 6 heteroatoms. The first-order valence-electron chi connectivity index (χ1n) is 10.3. The van der Waals surface area contributed by atoms with Gasteiger partial charge in [-0.2, -0.15) is 0 Å². The summed E-state index contributed by atoms with van der Waals surface area (Å²) in [5.41, 5.74) is 0. The molecule has 196 valence electrons. The van der Waals surface area contributed by atoms with Crippen LogP contribution in [0.5, 0.6) is 0 Å². The van der Waals surface area contributed by atoms with Crippen LogP contribution in [0.25, 0.3) is 0 Å². The first-order valence-corrected chi connectivity index (χ1v) is 13.0. The summed E-state index contributed by atoms with van der Waals surface area (Å²) in [6, 6.07) is 0. The van der Waals surface area contributed by atoms with Crippen molar-refractivity contribution in [1.29, 1.82) is 0 Å². The largest absolute Gasteiger partial charge is 0.114 e. The average molecular weight is 779 g/mol. The molecule has 0 saturated heterocycles. The molecule has 30 heavy (non-hydrogen) atoms. The summed E-state index contributed by atoms with van der Waals surface area (Å²) in [5, 5.41) is 2.70. The van der Waals surface area contributed by atoms with Gasteiger partial charge in [0, 0.05) is 40.8 Å². The Hall–Kier alpha value is 3.14. The van der Waals surface area contributed by atoms with Gasteiger partial charge in [-0.3, -0.25) is 0 Å². The van der Waals surface area contributed by atoms with Crippen LogP contribution < -0.4 is 0 Å². The Morgan fingerprint density at radius 3 is 0.333 bits per heavy atom. The van der Waals surface area contributed by atoms with Crippen LogP contribution in [-0.4, -0.2) is 30.9 Å². The Morgan fingerprint density at radius 1 is 0.267 bits per heavy atom. The van der Waals surface area contributed by atoms with Gasteiger partial charge in [-0.15, -0.1) is 34.0 Å². The molecule has 0 saturated carbocycles. The summed E-state index contributed by atoms with van der Waals surface area (Å²) in [6.07, 6.45) is 0. The Labute approximate surface area is 244 Å². The summed E-state index contributed by atoms with van der Waals surface area (Å²) in [6.45, 7) is 42.9. The van der Waals surface area contributed by atoms with Gasteiger partial charge in [0.1, 0.15) is 0 Å². The minimum Gasteiger partial charge on any atom is -0.114 e. The number of rotatable bonds is 0. The third-order valence-corrected chi connectivity index (χ3v) is 12.1. The van der Waals surface area contributed by atoms with Crippen molar-refractivity contribution < 1.29 is 40.8 Å². The SMILES string of the molecule is Br.Br.CC(C)(C)P(C(C)(C)C)C(C)(C)C.CC(C)(C)P(C(C)(C)C)C(C)(C)C.[Pd].[Pd]. The fourth-order valence-corrected chi connectivity index (χ4v) is 18.1. The van der Waals surface area contributed by atoms with Crippen molar-refractivity contribution in [2.45, 2.75) is 156 Å². The molecule has 0 aliphatic heterocycles. The van der Waals surface area contributed by atoms with E-state index in [0.717, 1.165) is 0 Å². The molecule has 0 bridgehead atoms. The Kier molecular flexibility index (Phi) is 23.7. The molecule has 0 aliphatic carbocycles. The third-order valence-electron chi connectivity index (χ3n) is 4.02. The maximum atomic E-state index is 2.38.